The van der Waals surface area contributed by atoms with Gasteiger partial charge in [0.05, 0.1) is 16.8 Å². The lowest BCUT2D eigenvalue weighted by Crippen LogP contribution is -2.28. The Morgan fingerprint density at radius 2 is 1.27 bits per heavy atom. The minimum atomic E-state index is -0.628. The van der Waals surface area contributed by atoms with Crippen molar-refractivity contribution in [3.63, 3.8) is 0 Å². The van der Waals surface area contributed by atoms with Gasteiger partial charge in [0.25, 0.3) is 0 Å². The molecule has 0 amide bonds. The Morgan fingerprint density at radius 3 is 1.88 bits per heavy atom. The first-order valence-electron chi connectivity index (χ1n) is 13.7. The van der Waals surface area contributed by atoms with Crippen LogP contribution in [-0.2, 0) is 10.8 Å². The topological polar surface area (TPSA) is 88.1 Å². The number of fused-ring (bicyclic) bond motifs is 10. The molecule has 7 heteroatoms. The summed E-state index contributed by atoms with van der Waals surface area (Å²) in [4.78, 5) is 18.7. The molecule has 3 aromatic carbocycles. The van der Waals surface area contributed by atoms with Gasteiger partial charge in [-0.15, -0.1) is 0 Å². The number of para-hydroxylation sites is 2. The largest absolute Gasteiger partial charge is 0.339 e. The maximum atomic E-state index is 10.1. The maximum absolute atomic E-state index is 10.1. The molecular formula is C34H29N7. The van der Waals surface area contributed by atoms with Crippen LogP contribution in [0.1, 0.15) is 56.3 Å². The molecule has 0 saturated heterocycles. The van der Waals surface area contributed by atoms with Gasteiger partial charge in [-0.1, -0.05) is 68.4 Å². The van der Waals surface area contributed by atoms with Crippen LogP contribution in [0.2, 0.25) is 0 Å². The molecule has 0 aliphatic carbocycles. The smallest absolute Gasteiger partial charge is 0.163 e. The first-order valence-corrected chi connectivity index (χ1v) is 13.7. The Labute approximate surface area is 238 Å². The fourth-order valence-corrected chi connectivity index (χ4v) is 5.81. The van der Waals surface area contributed by atoms with Gasteiger partial charge in [0.1, 0.15) is 23.4 Å². The van der Waals surface area contributed by atoms with E-state index in [0.717, 1.165) is 45.5 Å². The van der Waals surface area contributed by atoms with E-state index >= 15 is 0 Å². The fraction of sp³-hybridized carbons (Fsp3) is 0.176. The van der Waals surface area contributed by atoms with E-state index in [4.69, 9.17) is 15.0 Å². The molecular weight excluding hydrogens is 506 g/mol. The van der Waals surface area contributed by atoms with E-state index in [1.807, 2.05) is 42.6 Å². The molecule has 200 valence electrons. The predicted molar refractivity (Wildman–Crippen MR) is 159 cm³/mol. The standard InChI is InChI=1S/C34H29N7/c1-33(2)23-13-11-12-22(18-23)27-20-40(24-14-7-5-8-15-24)31(37-27)34(3,4)32-38-28(30-36-26(19-35)29(33)39-30)21-41(32)25-16-9-6-10-17-25/h5-18,20-21H,1-4H3,(H,36,39). The third kappa shape index (κ3) is 3.83. The van der Waals surface area contributed by atoms with Crippen LogP contribution in [0, 0.1) is 11.3 Å². The van der Waals surface area contributed by atoms with E-state index in [1.165, 1.54) is 0 Å². The number of nitriles is 1. The summed E-state index contributed by atoms with van der Waals surface area (Å²) in [6, 6.07) is 31.2. The molecule has 0 unspecified atom stereocenters. The van der Waals surface area contributed by atoms with Crippen molar-refractivity contribution in [3.05, 3.63) is 126 Å². The maximum Gasteiger partial charge on any atom is 0.163 e. The van der Waals surface area contributed by atoms with E-state index in [1.54, 1.807) is 0 Å². The number of aromatic nitrogens is 6. The van der Waals surface area contributed by atoms with Crippen LogP contribution in [0.5, 0.6) is 0 Å². The normalized spacial score (nSPS) is 14.7. The number of aromatic amines is 1. The SMILES string of the molecule is CC1(C)c2cccc(c2)-c2cn(-c3ccccc3)c(n2)C(C)(C)c2nc(cn2-c2ccccc2)-c2nc(C#N)c1[nH]2. The highest BCUT2D eigenvalue weighted by Crippen LogP contribution is 2.40. The zero-order valence-electron chi connectivity index (χ0n) is 23.4. The summed E-state index contributed by atoms with van der Waals surface area (Å²) >= 11 is 0. The Hall–Kier alpha value is -5.22. The van der Waals surface area contributed by atoms with Gasteiger partial charge in [0.15, 0.2) is 11.5 Å². The van der Waals surface area contributed by atoms with Crippen LogP contribution in [0.15, 0.2) is 97.3 Å². The third-order valence-electron chi connectivity index (χ3n) is 8.16. The summed E-state index contributed by atoms with van der Waals surface area (Å²) in [6.07, 6.45) is 4.11. The van der Waals surface area contributed by atoms with Crippen molar-refractivity contribution >= 4 is 0 Å². The average molecular weight is 536 g/mol. The van der Waals surface area contributed by atoms with Crippen molar-refractivity contribution in [3.8, 4) is 40.2 Å². The second-order valence-electron chi connectivity index (χ2n) is 11.6. The highest BCUT2D eigenvalue weighted by atomic mass is 15.2. The molecule has 6 aromatic rings. The van der Waals surface area contributed by atoms with Crippen molar-refractivity contribution in [2.75, 3.05) is 0 Å². The highest BCUT2D eigenvalue weighted by molar-refractivity contribution is 5.64. The van der Waals surface area contributed by atoms with Crippen LogP contribution in [0.4, 0.5) is 0 Å². The lowest BCUT2D eigenvalue weighted by Gasteiger charge is -2.26. The molecule has 0 radical (unpaired) electrons. The molecule has 0 saturated carbocycles. The molecule has 0 spiro atoms. The number of rotatable bonds is 2. The number of hydrogen-bond acceptors (Lipinski definition) is 4. The second-order valence-corrected chi connectivity index (χ2v) is 11.6. The van der Waals surface area contributed by atoms with E-state index in [9.17, 15) is 5.26 Å². The van der Waals surface area contributed by atoms with Gasteiger partial charge < -0.3 is 14.1 Å². The molecule has 0 atom stereocenters. The van der Waals surface area contributed by atoms with Crippen molar-refractivity contribution in [2.24, 2.45) is 0 Å². The van der Waals surface area contributed by atoms with E-state index in [-0.39, 0.29) is 0 Å². The Bertz CT molecular complexity index is 1950. The second kappa shape index (κ2) is 8.90. The third-order valence-corrected chi connectivity index (χ3v) is 8.16. The number of H-pyrrole nitrogens is 1. The summed E-state index contributed by atoms with van der Waals surface area (Å²) in [5.74, 6) is 2.25. The fourth-order valence-electron chi connectivity index (χ4n) is 5.81. The van der Waals surface area contributed by atoms with Gasteiger partial charge in [-0.2, -0.15) is 5.26 Å². The molecule has 3 aromatic heterocycles. The summed E-state index contributed by atoms with van der Waals surface area (Å²) in [7, 11) is 0. The molecule has 1 aliphatic rings. The molecule has 0 fully saturated rings. The first kappa shape index (κ1) is 24.8. The van der Waals surface area contributed by atoms with Crippen molar-refractivity contribution < 1.29 is 0 Å². The van der Waals surface area contributed by atoms with Gasteiger partial charge in [-0.25, -0.2) is 15.0 Å². The minimum absolute atomic E-state index is 0.371. The molecule has 41 heavy (non-hydrogen) atoms. The number of benzene rings is 3. The first-order chi connectivity index (χ1) is 19.8. The van der Waals surface area contributed by atoms with Crippen LogP contribution in [0.3, 0.4) is 0 Å². The van der Waals surface area contributed by atoms with Crippen molar-refractivity contribution in [1.82, 2.24) is 29.1 Å². The summed E-state index contributed by atoms with van der Waals surface area (Å²) in [5, 5.41) is 10.1. The van der Waals surface area contributed by atoms with Gasteiger partial charge >= 0.3 is 0 Å². The Kier molecular flexibility index (Phi) is 5.38. The quantitative estimate of drug-likeness (QED) is 0.260. The Balaban J connectivity index is 1.59. The molecule has 7 rings (SSSR count). The van der Waals surface area contributed by atoms with Gasteiger partial charge in [0, 0.05) is 34.7 Å². The highest BCUT2D eigenvalue weighted by Gasteiger charge is 2.37. The van der Waals surface area contributed by atoms with Crippen molar-refractivity contribution in [1.29, 1.82) is 5.26 Å². The van der Waals surface area contributed by atoms with Gasteiger partial charge in [0.2, 0.25) is 0 Å². The molecule has 7 nitrogen and oxygen atoms in total. The zero-order chi connectivity index (χ0) is 28.4. The summed E-state index contributed by atoms with van der Waals surface area (Å²) in [6.45, 7) is 8.54. The zero-order valence-corrected chi connectivity index (χ0v) is 23.4. The van der Waals surface area contributed by atoms with Crippen molar-refractivity contribution in [2.45, 2.75) is 38.5 Å². The van der Waals surface area contributed by atoms with Crippen LogP contribution >= 0.6 is 0 Å². The number of nitrogens with zero attached hydrogens (tertiary/aromatic N) is 6. The number of nitrogens with one attached hydrogen (secondary N) is 1. The number of imidazole rings is 3. The lowest BCUT2D eigenvalue weighted by atomic mass is 9.80. The van der Waals surface area contributed by atoms with E-state index in [2.05, 4.69) is 103 Å². The predicted octanol–water partition coefficient (Wildman–Crippen LogP) is 6.95. The van der Waals surface area contributed by atoms with Gasteiger partial charge in [-0.05, 0) is 49.7 Å². The van der Waals surface area contributed by atoms with Crippen LogP contribution in [0.25, 0.3) is 34.2 Å². The minimum Gasteiger partial charge on any atom is -0.339 e. The van der Waals surface area contributed by atoms with Crippen LogP contribution in [-0.4, -0.2) is 29.1 Å². The lowest BCUT2D eigenvalue weighted by molar-refractivity contribution is 0.533. The summed E-state index contributed by atoms with van der Waals surface area (Å²) in [5.41, 5.74) is 5.59. The molecule has 4 heterocycles. The Morgan fingerprint density at radius 1 is 0.683 bits per heavy atom. The molecule has 1 aliphatic heterocycles. The van der Waals surface area contributed by atoms with Crippen LogP contribution < -0.4 is 0 Å². The summed E-state index contributed by atoms with van der Waals surface area (Å²) < 4.78 is 4.28. The molecule has 8 bridgehead atoms. The van der Waals surface area contributed by atoms with E-state index < -0.39 is 10.8 Å². The molecule has 1 N–H and O–H groups in total. The van der Waals surface area contributed by atoms with E-state index in [0.29, 0.717) is 17.2 Å². The van der Waals surface area contributed by atoms with Gasteiger partial charge in [-0.3, -0.25) is 0 Å². The number of hydrogen-bond donors (Lipinski definition) is 1. The monoisotopic (exact) mass is 535 g/mol. The average Bonchev–Trinajstić information content (AvgIpc) is 3.75.